The number of ether oxygens (including phenoxy) is 2. The lowest BCUT2D eigenvalue weighted by Crippen LogP contribution is -2.53. The minimum Gasteiger partial charge on any atom is -0.486 e. The van der Waals surface area contributed by atoms with Crippen molar-refractivity contribution in [3.63, 3.8) is 0 Å². The topological polar surface area (TPSA) is 105 Å². The van der Waals surface area contributed by atoms with Gasteiger partial charge in [0.15, 0.2) is 11.5 Å². The number of halogens is 2. The van der Waals surface area contributed by atoms with Gasteiger partial charge in [-0.2, -0.15) is 0 Å². The molecule has 0 saturated carbocycles. The van der Waals surface area contributed by atoms with Crippen molar-refractivity contribution in [2.45, 2.75) is 50.7 Å². The second-order valence-corrected chi connectivity index (χ2v) is 12.6. The number of amides is 2. The van der Waals surface area contributed by atoms with Crippen LogP contribution >= 0.6 is 23.2 Å². The van der Waals surface area contributed by atoms with Crippen LogP contribution in [0.4, 0.5) is 5.69 Å². The van der Waals surface area contributed by atoms with Crippen molar-refractivity contribution in [3.05, 3.63) is 82.3 Å². The molecule has 1 N–H and O–H groups in total. The Bertz CT molecular complexity index is 1510. The maximum atomic E-state index is 14.2. The molecule has 0 radical (unpaired) electrons. The molecule has 1 aliphatic rings. The summed E-state index contributed by atoms with van der Waals surface area (Å²) in [5.74, 6) is -0.159. The SMILES string of the molecule is CC[C@@H](C(=O)NC(C)C)N(Cc1c(Cl)cccc1Cl)C(=O)CN(c1ccc2c(c1)OCCO2)S(=O)(=O)c1ccccc1. The lowest BCUT2D eigenvalue weighted by molar-refractivity contribution is -0.140. The molecule has 0 unspecified atom stereocenters. The summed E-state index contributed by atoms with van der Waals surface area (Å²) in [6, 6.07) is 16.4. The van der Waals surface area contributed by atoms with Crippen molar-refractivity contribution in [2.75, 3.05) is 24.1 Å². The molecule has 0 aliphatic carbocycles. The Balaban J connectivity index is 1.79. The van der Waals surface area contributed by atoms with Crippen LogP contribution in [0.2, 0.25) is 10.0 Å². The van der Waals surface area contributed by atoms with Crippen LogP contribution in [0.5, 0.6) is 11.5 Å². The summed E-state index contributed by atoms with van der Waals surface area (Å²) in [4.78, 5) is 28.8. The van der Waals surface area contributed by atoms with Crippen LogP contribution in [0.3, 0.4) is 0 Å². The minimum absolute atomic E-state index is 0.00187. The third-order valence-corrected chi connectivity index (χ3v) is 9.13. The third kappa shape index (κ3) is 7.11. The average molecular weight is 635 g/mol. The van der Waals surface area contributed by atoms with Crippen molar-refractivity contribution in [2.24, 2.45) is 0 Å². The Morgan fingerprint density at radius 2 is 1.57 bits per heavy atom. The van der Waals surface area contributed by atoms with E-state index in [4.69, 9.17) is 32.7 Å². The number of fused-ring (bicyclic) bond motifs is 1. The summed E-state index contributed by atoms with van der Waals surface area (Å²) >= 11 is 12.9. The summed E-state index contributed by atoms with van der Waals surface area (Å²) in [7, 11) is -4.23. The molecule has 2 amide bonds. The lowest BCUT2D eigenvalue weighted by atomic mass is 10.1. The number of rotatable bonds is 11. The standard InChI is InChI=1S/C30H33Cl2N3O6S/c1-4-26(30(37)33-20(2)3)34(18-23-24(31)11-8-12-25(23)32)29(36)19-35(42(38,39)22-9-6-5-7-10-22)21-13-14-27-28(17-21)41-16-15-40-27/h5-14,17,20,26H,4,15-16,18-19H2,1-3H3,(H,33,37)/t26-/m0/s1. The van der Waals surface area contributed by atoms with Crippen LogP contribution < -0.4 is 19.1 Å². The molecule has 1 atom stereocenters. The molecule has 0 aromatic heterocycles. The second-order valence-electron chi connectivity index (χ2n) is 9.96. The van der Waals surface area contributed by atoms with Crippen LogP contribution in [0.1, 0.15) is 32.8 Å². The molecule has 0 saturated heterocycles. The summed E-state index contributed by atoms with van der Waals surface area (Å²) in [5, 5.41) is 3.50. The van der Waals surface area contributed by atoms with Gasteiger partial charge in [0.25, 0.3) is 10.0 Å². The van der Waals surface area contributed by atoms with E-state index >= 15 is 0 Å². The Kier molecular flexibility index (Phi) is 10.2. The minimum atomic E-state index is -4.23. The van der Waals surface area contributed by atoms with Crippen molar-refractivity contribution >= 4 is 50.7 Å². The van der Waals surface area contributed by atoms with E-state index in [-0.39, 0.29) is 35.5 Å². The van der Waals surface area contributed by atoms with Gasteiger partial charge in [-0.05, 0) is 56.7 Å². The first-order chi connectivity index (χ1) is 20.0. The van der Waals surface area contributed by atoms with E-state index in [9.17, 15) is 18.0 Å². The third-order valence-electron chi connectivity index (χ3n) is 6.63. The van der Waals surface area contributed by atoms with Crippen molar-refractivity contribution < 1.29 is 27.5 Å². The van der Waals surface area contributed by atoms with Gasteiger partial charge in [-0.15, -0.1) is 0 Å². The zero-order valence-electron chi connectivity index (χ0n) is 23.5. The smallest absolute Gasteiger partial charge is 0.264 e. The number of nitrogens with one attached hydrogen (secondary N) is 1. The second kappa shape index (κ2) is 13.7. The van der Waals surface area contributed by atoms with Gasteiger partial charge < -0.3 is 19.7 Å². The van der Waals surface area contributed by atoms with Crippen LogP contribution in [0, 0.1) is 0 Å². The van der Waals surface area contributed by atoms with Crippen LogP contribution in [-0.2, 0) is 26.2 Å². The average Bonchev–Trinajstić information content (AvgIpc) is 2.97. The molecular formula is C30H33Cl2N3O6S. The molecule has 0 spiro atoms. The normalized spacial score (nSPS) is 13.4. The van der Waals surface area contributed by atoms with Gasteiger partial charge in [0.2, 0.25) is 11.8 Å². The van der Waals surface area contributed by atoms with Gasteiger partial charge in [0, 0.05) is 34.3 Å². The largest absolute Gasteiger partial charge is 0.486 e. The number of sulfonamides is 1. The number of carbonyl (C=O) groups excluding carboxylic acids is 2. The number of hydrogen-bond acceptors (Lipinski definition) is 6. The summed E-state index contributed by atoms with van der Waals surface area (Å²) in [6.45, 7) is 5.36. The van der Waals surface area contributed by atoms with E-state index < -0.39 is 28.5 Å². The summed E-state index contributed by atoms with van der Waals surface area (Å²) in [5.41, 5.74) is 0.647. The summed E-state index contributed by atoms with van der Waals surface area (Å²) < 4.78 is 40.3. The fourth-order valence-electron chi connectivity index (χ4n) is 4.59. The molecule has 12 heteroatoms. The Morgan fingerprint density at radius 3 is 2.19 bits per heavy atom. The van der Waals surface area contributed by atoms with Gasteiger partial charge in [-0.25, -0.2) is 8.42 Å². The molecule has 0 fully saturated rings. The van der Waals surface area contributed by atoms with Gasteiger partial charge >= 0.3 is 0 Å². The Morgan fingerprint density at radius 1 is 0.929 bits per heavy atom. The molecule has 42 heavy (non-hydrogen) atoms. The van der Waals surface area contributed by atoms with Gasteiger partial charge in [-0.3, -0.25) is 13.9 Å². The number of nitrogens with zero attached hydrogens (tertiary/aromatic N) is 2. The zero-order valence-corrected chi connectivity index (χ0v) is 25.9. The maximum Gasteiger partial charge on any atom is 0.264 e. The van der Waals surface area contributed by atoms with Gasteiger partial charge in [-0.1, -0.05) is 54.4 Å². The first kappa shape index (κ1) is 31.5. The fourth-order valence-corrected chi connectivity index (χ4v) is 6.53. The predicted molar refractivity (Wildman–Crippen MR) is 163 cm³/mol. The van der Waals surface area contributed by atoms with E-state index in [1.807, 2.05) is 13.8 Å². The van der Waals surface area contributed by atoms with Gasteiger partial charge in [0.1, 0.15) is 25.8 Å². The van der Waals surface area contributed by atoms with E-state index in [1.165, 1.54) is 23.1 Å². The fraction of sp³-hybridized carbons (Fsp3) is 0.333. The molecule has 9 nitrogen and oxygen atoms in total. The molecule has 0 bridgehead atoms. The van der Waals surface area contributed by atoms with Crippen LogP contribution in [0.25, 0.3) is 0 Å². The van der Waals surface area contributed by atoms with E-state index in [0.717, 1.165) is 4.31 Å². The van der Waals surface area contributed by atoms with Crippen molar-refractivity contribution in [1.29, 1.82) is 0 Å². The first-order valence-electron chi connectivity index (χ1n) is 13.5. The number of anilines is 1. The molecular weight excluding hydrogens is 601 g/mol. The highest BCUT2D eigenvalue weighted by Gasteiger charge is 2.35. The van der Waals surface area contributed by atoms with Gasteiger partial charge in [0.05, 0.1) is 10.6 Å². The van der Waals surface area contributed by atoms with Crippen molar-refractivity contribution in [1.82, 2.24) is 10.2 Å². The number of carbonyl (C=O) groups is 2. The Hall–Kier alpha value is -3.47. The Labute approximate surface area is 256 Å². The molecule has 1 aliphatic heterocycles. The van der Waals surface area contributed by atoms with Crippen LogP contribution in [0.15, 0.2) is 71.6 Å². The molecule has 3 aromatic rings. The number of benzene rings is 3. The number of hydrogen-bond donors (Lipinski definition) is 1. The van der Waals surface area contributed by atoms with Crippen LogP contribution in [-0.4, -0.2) is 57.0 Å². The quantitative estimate of drug-likeness (QED) is 0.308. The molecule has 1 heterocycles. The first-order valence-corrected chi connectivity index (χ1v) is 15.7. The van der Waals surface area contributed by atoms with E-state index in [0.29, 0.717) is 40.3 Å². The highest BCUT2D eigenvalue weighted by molar-refractivity contribution is 7.92. The predicted octanol–water partition coefficient (Wildman–Crippen LogP) is 5.29. The van der Waals surface area contributed by atoms with Crippen molar-refractivity contribution in [3.8, 4) is 11.5 Å². The zero-order chi connectivity index (χ0) is 30.4. The molecule has 4 rings (SSSR count). The highest BCUT2D eigenvalue weighted by Crippen LogP contribution is 2.36. The molecule has 3 aromatic carbocycles. The highest BCUT2D eigenvalue weighted by atomic mass is 35.5. The lowest BCUT2D eigenvalue weighted by Gasteiger charge is -2.34. The molecule has 224 valence electrons. The monoisotopic (exact) mass is 633 g/mol. The van der Waals surface area contributed by atoms with E-state index in [1.54, 1.807) is 55.5 Å². The van der Waals surface area contributed by atoms with E-state index in [2.05, 4.69) is 5.32 Å². The summed E-state index contributed by atoms with van der Waals surface area (Å²) in [6.07, 6.45) is 0.266. The maximum absolute atomic E-state index is 14.2.